The topological polar surface area (TPSA) is 50.1 Å². The van der Waals surface area contributed by atoms with E-state index in [1.807, 2.05) is 30.3 Å². The predicted molar refractivity (Wildman–Crippen MR) is 69.3 cm³/mol. The maximum atomic E-state index is 12.0. The number of carbonyl (C=O) groups is 1. The molecule has 1 aliphatic carbocycles. The van der Waals surface area contributed by atoms with Gasteiger partial charge in [-0.3, -0.25) is 0 Å². The van der Waals surface area contributed by atoms with Gasteiger partial charge in [0, 0.05) is 12.0 Å². The summed E-state index contributed by atoms with van der Waals surface area (Å²) in [6, 6.07) is 18.4. The summed E-state index contributed by atoms with van der Waals surface area (Å²) in [5.41, 5.74) is 1.19. The highest BCUT2D eigenvalue weighted by molar-refractivity contribution is 5.90. The van der Waals surface area contributed by atoms with Crippen LogP contribution in [0.3, 0.4) is 0 Å². The molecule has 0 radical (unpaired) electrons. The molecular formula is C16H11NO2. The number of carbonyl (C=O) groups excluding carboxylic acids is 1. The molecule has 0 aliphatic heterocycles. The van der Waals surface area contributed by atoms with Crippen molar-refractivity contribution in [1.29, 1.82) is 5.26 Å². The van der Waals surface area contributed by atoms with Crippen molar-refractivity contribution in [1.82, 2.24) is 0 Å². The molecule has 0 fully saturated rings. The summed E-state index contributed by atoms with van der Waals surface area (Å²) in [4.78, 5) is 12.0. The van der Waals surface area contributed by atoms with E-state index < -0.39 is 11.6 Å². The molecule has 0 amide bonds. The standard InChI is InChI=1S/C16H11NO2/c17-11-16(10-13-8-4-5-9-14(13)16)19-15(18)12-6-2-1-3-7-12/h1-9H,10H2/t16-/m1/s1. The molecule has 1 aliphatic rings. The number of benzene rings is 2. The van der Waals surface area contributed by atoms with Gasteiger partial charge in [0.1, 0.15) is 6.07 Å². The molecule has 0 saturated heterocycles. The third-order valence-electron chi connectivity index (χ3n) is 3.35. The molecule has 19 heavy (non-hydrogen) atoms. The monoisotopic (exact) mass is 249 g/mol. The molecule has 92 valence electrons. The summed E-state index contributed by atoms with van der Waals surface area (Å²) in [7, 11) is 0. The second-order valence-electron chi connectivity index (χ2n) is 4.53. The van der Waals surface area contributed by atoms with Crippen LogP contribution in [-0.2, 0) is 16.8 Å². The molecular weight excluding hydrogens is 238 g/mol. The van der Waals surface area contributed by atoms with Crippen molar-refractivity contribution in [3.05, 3.63) is 71.3 Å². The van der Waals surface area contributed by atoms with Gasteiger partial charge in [-0.1, -0.05) is 42.5 Å². The Bertz CT molecular complexity index is 673. The first-order chi connectivity index (χ1) is 9.25. The molecule has 0 N–H and O–H groups in total. The Balaban J connectivity index is 1.88. The van der Waals surface area contributed by atoms with E-state index in [9.17, 15) is 10.1 Å². The Morgan fingerprint density at radius 3 is 2.47 bits per heavy atom. The number of nitrogens with zero attached hydrogens (tertiary/aromatic N) is 1. The molecule has 2 aromatic carbocycles. The van der Waals surface area contributed by atoms with E-state index in [1.165, 1.54) is 0 Å². The van der Waals surface area contributed by atoms with Crippen molar-refractivity contribution in [2.24, 2.45) is 0 Å². The van der Waals surface area contributed by atoms with Gasteiger partial charge >= 0.3 is 5.97 Å². The highest BCUT2D eigenvalue weighted by atomic mass is 16.6. The SMILES string of the molecule is N#C[C@]1(OC(=O)c2ccccc2)Cc2ccccc21. The number of fused-ring (bicyclic) bond motifs is 1. The van der Waals surface area contributed by atoms with Gasteiger partial charge in [-0.25, -0.2) is 4.79 Å². The summed E-state index contributed by atoms with van der Waals surface area (Å²) in [6.45, 7) is 0. The van der Waals surface area contributed by atoms with E-state index >= 15 is 0 Å². The first-order valence-electron chi connectivity index (χ1n) is 6.03. The molecule has 3 rings (SSSR count). The van der Waals surface area contributed by atoms with E-state index in [2.05, 4.69) is 6.07 Å². The molecule has 0 heterocycles. The Morgan fingerprint density at radius 1 is 1.11 bits per heavy atom. The molecule has 2 aromatic rings. The molecule has 0 saturated carbocycles. The predicted octanol–water partition coefficient (Wildman–Crippen LogP) is 2.82. The Hall–Kier alpha value is -2.60. The average molecular weight is 249 g/mol. The molecule has 0 spiro atoms. The van der Waals surface area contributed by atoms with Crippen LogP contribution in [0.2, 0.25) is 0 Å². The highest BCUT2D eigenvalue weighted by Gasteiger charge is 2.46. The first-order valence-corrected chi connectivity index (χ1v) is 6.03. The third-order valence-corrected chi connectivity index (χ3v) is 3.35. The van der Waals surface area contributed by atoms with Gasteiger partial charge in [0.05, 0.1) is 5.56 Å². The molecule has 0 aromatic heterocycles. The van der Waals surface area contributed by atoms with Gasteiger partial charge < -0.3 is 4.74 Å². The fourth-order valence-corrected chi connectivity index (χ4v) is 2.33. The van der Waals surface area contributed by atoms with Crippen LogP contribution in [0.4, 0.5) is 0 Å². The van der Waals surface area contributed by atoms with E-state index in [1.54, 1.807) is 24.3 Å². The van der Waals surface area contributed by atoms with E-state index in [-0.39, 0.29) is 0 Å². The quantitative estimate of drug-likeness (QED) is 0.769. The fraction of sp³-hybridized carbons (Fsp3) is 0.125. The molecule has 1 atom stereocenters. The van der Waals surface area contributed by atoms with Gasteiger partial charge in [-0.05, 0) is 17.7 Å². The molecule has 3 heteroatoms. The van der Waals surface area contributed by atoms with E-state index in [0.29, 0.717) is 12.0 Å². The zero-order chi connectivity index (χ0) is 13.3. The summed E-state index contributed by atoms with van der Waals surface area (Å²) in [5, 5.41) is 9.35. The van der Waals surface area contributed by atoms with Crippen LogP contribution in [0.1, 0.15) is 21.5 Å². The van der Waals surface area contributed by atoms with Crippen LogP contribution in [-0.4, -0.2) is 5.97 Å². The fourth-order valence-electron chi connectivity index (χ4n) is 2.33. The van der Waals surface area contributed by atoms with Crippen LogP contribution in [0.25, 0.3) is 0 Å². The van der Waals surface area contributed by atoms with Crippen LogP contribution >= 0.6 is 0 Å². The van der Waals surface area contributed by atoms with E-state index in [0.717, 1.165) is 11.1 Å². The van der Waals surface area contributed by atoms with Crippen molar-refractivity contribution in [3.8, 4) is 6.07 Å². The lowest BCUT2D eigenvalue weighted by atomic mass is 9.74. The largest absolute Gasteiger partial charge is 0.435 e. The van der Waals surface area contributed by atoms with E-state index in [4.69, 9.17) is 4.74 Å². The molecule has 0 bridgehead atoms. The zero-order valence-corrected chi connectivity index (χ0v) is 10.2. The van der Waals surface area contributed by atoms with Crippen molar-refractivity contribution >= 4 is 5.97 Å². The third kappa shape index (κ3) is 1.78. The summed E-state index contributed by atoms with van der Waals surface area (Å²) in [5.74, 6) is -0.461. The van der Waals surface area contributed by atoms with Gasteiger partial charge in [0.2, 0.25) is 5.60 Å². The van der Waals surface area contributed by atoms with Gasteiger partial charge in [-0.2, -0.15) is 5.26 Å². The highest BCUT2D eigenvalue weighted by Crippen LogP contribution is 2.42. The second-order valence-corrected chi connectivity index (χ2v) is 4.53. The number of hydrogen-bond donors (Lipinski definition) is 0. The van der Waals surface area contributed by atoms with Gasteiger partial charge in [-0.15, -0.1) is 0 Å². The Kier molecular flexibility index (Phi) is 2.57. The first kappa shape index (κ1) is 11.5. The Morgan fingerprint density at radius 2 is 1.79 bits per heavy atom. The summed E-state index contributed by atoms with van der Waals surface area (Å²) >= 11 is 0. The average Bonchev–Trinajstić information content (AvgIpc) is 2.45. The second kappa shape index (κ2) is 4.25. The van der Waals surface area contributed by atoms with Crippen molar-refractivity contribution < 1.29 is 9.53 Å². The van der Waals surface area contributed by atoms with Crippen molar-refractivity contribution in [2.45, 2.75) is 12.0 Å². The zero-order valence-electron chi connectivity index (χ0n) is 10.2. The lowest BCUT2D eigenvalue weighted by Gasteiger charge is -2.37. The smallest absolute Gasteiger partial charge is 0.340 e. The van der Waals surface area contributed by atoms with Crippen molar-refractivity contribution in [3.63, 3.8) is 0 Å². The lowest BCUT2D eigenvalue weighted by Crippen LogP contribution is -2.41. The van der Waals surface area contributed by atoms with Gasteiger partial charge in [0.25, 0.3) is 0 Å². The lowest BCUT2D eigenvalue weighted by molar-refractivity contribution is -0.00451. The number of rotatable bonds is 2. The van der Waals surface area contributed by atoms with Gasteiger partial charge in [0.15, 0.2) is 0 Å². The normalized spacial score (nSPS) is 19.7. The maximum Gasteiger partial charge on any atom is 0.340 e. The number of ether oxygens (including phenoxy) is 1. The number of nitriles is 1. The van der Waals surface area contributed by atoms with Crippen LogP contribution in [0, 0.1) is 11.3 Å². The van der Waals surface area contributed by atoms with Crippen LogP contribution < -0.4 is 0 Å². The maximum absolute atomic E-state index is 12.0. The van der Waals surface area contributed by atoms with Crippen LogP contribution in [0.5, 0.6) is 0 Å². The van der Waals surface area contributed by atoms with Crippen molar-refractivity contribution in [2.75, 3.05) is 0 Å². The summed E-state index contributed by atoms with van der Waals surface area (Å²) < 4.78 is 5.44. The summed E-state index contributed by atoms with van der Waals surface area (Å²) in [6.07, 6.45) is 0.457. The number of hydrogen-bond acceptors (Lipinski definition) is 3. The number of esters is 1. The Labute approximate surface area is 111 Å². The molecule has 3 nitrogen and oxygen atoms in total. The molecule has 0 unspecified atom stereocenters. The minimum absolute atomic E-state index is 0.457. The van der Waals surface area contributed by atoms with Crippen LogP contribution in [0.15, 0.2) is 54.6 Å². The minimum atomic E-state index is -1.12. The minimum Gasteiger partial charge on any atom is -0.435 e.